The highest BCUT2D eigenvalue weighted by atomic mass is 35.5. The Kier molecular flexibility index (Phi) is 3.77. The minimum atomic E-state index is -0.422. The summed E-state index contributed by atoms with van der Waals surface area (Å²) in [5.74, 6) is 0. The zero-order valence-electron chi connectivity index (χ0n) is 11.3. The molecule has 0 aromatic heterocycles. The Morgan fingerprint density at radius 1 is 0.952 bits per heavy atom. The molecule has 0 bridgehead atoms. The largest absolute Gasteiger partial charge is 0.366 e. The van der Waals surface area contributed by atoms with Gasteiger partial charge in [-0.05, 0) is 34.5 Å². The van der Waals surface area contributed by atoms with Crippen LogP contribution in [0.3, 0.4) is 0 Å². The van der Waals surface area contributed by atoms with Gasteiger partial charge in [0.2, 0.25) is 0 Å². The SMILES string of the molecule is N#CC(Nc1cccc(Cl)c1)c1cccc2ccccc12. The Labute approximate surface area is 128 Å². The molecule has 1 atom stereocenters. The van der Waals surface area contributed by atoms with Gasteiger partial charge in [-0.2, -0.15) is 5.26 Å². The Bertz CT molecular complexity index is 815. The minimum Gasteiger partial charge on any atom is -0.366 e. The number of rotatable bonds is 3. The molecule has 1 N–H and O–H groups in total. The smallest absolute Gasteiger partial charge is 0.140 e. The van der Waals surface area contributed by atoms with Crippen LogP contribution in [0.5, 0.6) is 0 Å². The summed E-state index contributed by atoms with van der Waals surface area (Å²) >= 11 is 5.99. The van der Waals surface area contributed by atoms with Crippen molar-refractivity contribution >= 4 is 28.1 Å². The topological polar surface area (TPSA) is 35.8 Å². The molecule has 0 heterocycles. The van der Waals surface area contributed by atoms with Gasteiger partial charge in [-0.25, -0.2) is 0 Å². The Morgan fingerprint density at radius 3 is 2.52 bits per heavy atom. The quantitative estimate of drug-likeness (QED) is 0.723. The Balaban J connectivity index is 2.01. The van der Waals surface area contributed by atoms with Crippen molar-refractivity contribution in [2.75, 3.05) is 5.32 Å². The van der Waals surface area contributed by atoms with Crippen molar-refractivity contribution in [3.63, 3.8) is 0 Å². The van der Waals surface area contributed by atoms with Crippen LogP contribution in [0.4, 0.5) is 5.69 Å². The molecule has 21 heavy (non-hydrogen) atoms. The van der Waals surface area contributed by atoms with Gasteiger partial charge in [-0.3, -0.25) is 0 Å². The molecule has 2 nitrogen and oxygen atoms in total. The molecular weight excluding hydrogens is 280 g/mol. The van der Waals surface area contributed by atoms with Gasteiger partial charge in [-0.1, -0.05) is 60.1 Å². The molecule has 0 fully saturated rings. The molecule has 0 spiro atoms. The number of hydrogen-bond donors (Lipinski definition) is 1. The van der Waals surface area contributed by atoms with Crippen molar-refractivity contribution in [3.8, 4) is 6.07 Å². The van der Waals surface area contributed by atoms with Crippen LogP contribution in [0.25, 0.3) is 10.8 Å². The first-order valence-electron chi connectivity index (χ1n) is 6.67. The standard InChI is InChI=1S/C18H13ClN2/c19-14-7-4-8-15(11-14)21-18(12-20)17-10-3-6-13-5-1-2-9-16(13)17/h1-11,18,21H. The van der Waals surface area contributed by atoms with Crippen molar-refractivity contribution in [2.45, 2.75) is 6.04 Å². The summed E-state index contributed by atoms with van der Waals surface area (Å²) in [6.45, 7) is 0. The van der Waals surface area contributed by atoms with Gasteiger partial charge in [0.15, 0.2) is 0 Å². The highest BCUT2D eigenvalue weighted by Crippen LogP contribution is 2.27. The number of nitrogens with zero attached hydrogens (tertiary/aromatic N) is 1. The number of anilines is 1. The van der Waals surface area contributed by atoms with Gasteiger partial charge in [-0.15, -0.1) is 0 Å². The van der Waals surface area contributed by atoms with E-state index in [1.54, 1.807) is 0 Å². The highest BCUT2D eigenvalue weighted by molar-refractivity contribution is 6.30. The van der Waals surface area contributed by atoms with E-state index in [1.807, 2.05) is 66.7 Å². The van der Waals surface area contributed by atoms with Crippen LogP contribution < -0.4 is 5.32 Å². The van der Waals surface area contributed by atoms with E-state index >= 15 is 0 Å². The Morgan fingerprint density at radius 2 is 1.71 bits per heavy atom. The number of halogens is 1. The molecule has 0 amide bonds. The average molecular weight is 293 g/mol. The van der Waals surface area contributed by atoms with E-state index in [0.717, 1.165) is 22.0 Å². The highest BCUT2D eigenvalue weighted by Gasteiger charge is 2.13. The predicted molar refractivity (Wildman–Crippen MR) is 87.4 cm³/mol. The molecule has 102 valence electrons. The number of nitrogens with one attached hydrogen (secondary N) is 1. The zero-order chi connectivity index (χ0) is 14.7. The van der Waals surface area contributed by atoms with Gasteiger partial charge < -0.3 is 5.32 Å². The third-order valence-electron chi connectivity index (χ3n) is 3.40. The van der Waals surface area contributed by atoms with Crippen LogP contribution in [0.15, 0.2) is 66.7 Å². The number of benzene rings is 3. The van der Waals surface area contributed by atoms with Gasteiger partial charge in [0, 0.05) is 10.7 Å². The zero-order valence-corrected chi connectivity index (χ0v) is 12.0. The first kappa shape index (κ1) is 13.5. The van der Waals surface area contributed by atoms with Gasteiger partial charge in [0.05, 0.1) is 6.07 Å². The van der Waals surface area contributed by atoms with Gasteiger partial charge >= 0.3 is 0 Å². The molecule has 3 aromatic rings. The molecule has 0 aliphatic heterocycles. The van der Waals surface area contributed by atoms with E-state index < -0.39 is 6.04 Å². The van der Waals surface area contributed by atoms with Crippen LogP contribution in [-0.4, -0.2) is 0 Å². The van der Waals surface area contributed by atoms with Crippen LogP contribution >= 0.6 is 11.6 Å². The van der Waals surface area contributed by atoms with E-state index in [2.05, 4.69) is 11.4 Å². The second-order valence-corrected chi connectivity index (χ2v) is 5.22. The predicted octanol–water partition coefficient (Wildman–Crippen LogP) is 5.17. The lowest BCUT2D eigenvalue weighted by atomic mass is 9.99. The Hall–Kier alpha value is -2.50. The molecule has 3 aromatic carbocycles. The fraction of sp³-hybridized carbons (Fsp3) is 0.0556. The molecule has 0 saturated heterocycles. The van der Waals surface area contributed by atoms with Crippen LogP contribution in [-0.2, 0) is 0 Å². The summed E-state index contributed by atoms with van der Waals surface area (Å²) in [5, 5.41) is 15.6. The van der Waals surface area contributed by atoms with Crippen molar-refractivity contribution in [1.29, 1.82) is 5.26 Å². The molecule has 1 unspecified atom stereocenters. The fourth-order valence-corrected chi connectivity index (χ4v) is 2.62. The average Bonchev–Trinajstić information content (AvgIpc) is 2.52. The normalized spacial score (nSPS) is 11.8. The minimum absolute atomic E-state index is 0.422. The first-order valence-corrected chi connectivity index (χ1v) is 7.05. The monoisotopic (exact) mass is 292 g/mol. The second kappa shape index (κ2) is 5.87. The van der Waals surface area contributed by atoms with Crippen molar-refractivity contribution in [3.05, 3.63) is 77.3 Å². The summed E-state index contributed by atoms with van der Waals surface area (Å²) in [7, 11) is 0. The van der Waals surface area contributed by atoms with Crippen molar-refractivity contribution in [1.82, 2.24) is 0 Å². The molecule has 3 heteroatoms. The number of hydrogen-bond acceptors (Lipinski definition) is 2. The van der Waals surface area contributed by atoms with Crippen molar-refractivity contribution < 1.29 is 0 Å². The molecule has 3 rings (SSSR count). The lowest BCUT2D eigenvalue weighted by molar-refractivity contribution is 1.01. The molecule has 0 saturated carbocycles. The summed E-state index contributed by atoms with van der Waals surface area (Å²) in [6, 6.07) is 23.4. The molecule has 0 aliphatic carbocycles. The maximum atomic E-state index is 9.52. The third-order valence-corrected chi connectivity index (χ3v) is 3.63. The van der Waals surface area contributed by atoms with E-state index in [0.29, 0.717) is 5.02 Å². The van der Waals surface area contributed by atoms with Crippen LogP contribution in [0.2, 0.25) is 5.02 Å². The van der Waals surface area contributed by atoms with Crippen molar-refractivity contribution in [2.24, 2.45) is 0 Å². The summed E-state index contributed by atoms with van der Waals surface area (Å²) in [5.41, 5.74) is 1.80. The number of fused-ring (bicyclic) bond motifs is 1. The number of nitriles is 1. The summed E-state index contributed by atoms with van der Waals surface area (Å²) in [6.07, 6.45) is 0. The van der Waals surface area contributed by atoms with Crippen LogP contribution in [0, 0.1) is 11.3 Å². The maximum Gasteiger partial charge on any atom is 0.140 e. The lowest BCUT2D eigenvalue weighted by Crippen LogP contribution is -2.08. The van der Waals surface area contributed by atoms with E-state index in [1.165, 1.54) is 0 Å². The first-order chi connectivity index (χ1) is 10.3. The van der Waals surface area contributed by atoms with E-state index in [9.17, 15) is 5.26 Å². The summed E-state index contributed by atoms with van der Waals surface area (Å²) < 4.78 is 0. The van der Waals surface area contributed by atoms with E-state index in [4.69, 9.17) is 11.6 Å². The van der Waals surface area contributed by atoms with Crippen LogP contribution in [0.1, 0.15) is 11.6 Å². The molecular formula is C18H13ClN2. The maximum absolute atomic E-state index is 9.52. The lowest BCUT2D eigenvalue weighted by Gasteiger charge is -2.15. The van der Waals surface area contributed by atoms with Gasteiger partial charge in [0.25, 0.3) is 0 Å². The van der Waals surface area contributed by atoms with E-state index in [-0.39, 0.29) is 0 Å². The second-order valence-electron chi connectivity index (χ2n) is 4.79. The molecule has 0 radical (unpaired) electrons. The third kappa shape index (κ3) is 2.84. The fourth-order valence-electron chi connectivity index (χ4n) is 2.43. The molecule has 0 aliphatic rings. The van der Waals surface area contributed by atoms with Gasteiger partial charge in [0.1, 0.15) is 6.04 Å². The summed E-state index contributed by atoms with van der Waals surface area (Å²) in [4.78, 5) is 0.